The van der Waals surface area contributed by atoms with Gasteiger partial charge in [0.25, 0.3) is 0 Å². The van der Waals surface area contributed by atoms with Gasteiger partial charge in [-0.05, 0) is 18.8 Å². The van der Waals surface area contributed by atoms with Gasteiger partial charge >= 0.3 is 0 Å². The molecule has 23 heavy (non-hydrogen) atoms. The lowest BCUT2D eigenvalue weighted by Gasteiger charge is -2.34. The highest BCUT2D eigenvalue weighted by atomic mass is 127. The topological polar surface area (TPSA) is 62.9 Å². The Morgan fingerprint density at radius 3 is 2.52 bits per heavy atom. The van der Waals surface area contributed by atoms with Gasteiger partial charge in [0.1, 0.15) is 0 Å². The summed E-state index contributed by atoms with van der Waals surface area (Å²) in [6.45, 7) is 12.2. The molecule has 6 heteroatoms. The molecule has 0 saturated carbocycles. The second-order valence-electron chi connectivity index (χ2n) is 6.65. The molecule has 1 rings (SSSR count). The Balaban J connectivity index is 0.00000484. The lowest BCUT2D eigenvalue weighted by atomic mass is 10.0. The molecule has 1 unspecified atom stereocenters. The predicted molar refractivity (Wildman–Crippen MR) is 110 cm³/mol. The van der Waals surface area contributed by atoms with E-state index >= 15 is 0 Å². The quantitative estimate of drug-likeness (QED) is 0.237. The van der Waals surface area contributed by atoms with E-state index in [1.165, 1.54) is 25.7 Å². The fraction of sp³-hybridized carbons (Fsp3) is 0.941. The molecule has 0 spiro atoms. The van der Waals surface area contributed by atoms with Crippen LogP contribution in [-0.2, 0) is 4.74 Å². The third-order valence-electron chi connectivity index (χ3n) is 4.11. The van der Waals surface area contributed by atoms with Crippen molar-refractivity contribution in [3.8, 4) is 0 Å². The molecule has 0 aromatic heterocycles. The van der Waals surface area contributed by atoms with Crippen LogP contribution in [0.1, 0.15) is 52.9 Å². The number of hydrogen-bond donors (Lipinski definition) is 2. The highest BCUT2D eigenvalue weighted by Crippen LogP contribution is 2.13. The fourth-order valence-electron chi connectivity index (χ4n) is 2.85. The molecule has 5 nitrogen and oxygen atoms in total. The van der Waals surface area contributed by atoms with E-state index in [9.17, 15) is 0 Å². The highest BCUT2D eigenvalue weighted by molar-refractivity contribution is 14.0. The van der Waals surface area contributed by atoms with E-state index in [-0.39, 0.29) is 24.0 Å². The van der Waals surface area contributed by atoms with Crippen molar-refractivity contribution in [3.05, 3.63) is 0 Å². The summed E-state index contributed by atoms with van der Waals surface area (Å²) < 4.78 is 5.45. The van der Waals surface area contributed by atoms with Crippen LogP contribution in [0.4, 0.5) is 0 Å². The molecule has 0 aliphatic carbocycles. The minimum absolute atomic E-state index is 0. The van der Waals surface area contributed by atoms with Crippen LogP contribution in [0.5, 0.6) is 0 Å². The van der Waals surface area contributed by atoms with Crippen molar-refractivity contribution in [2.45, 2.75) is 58.9 Å². The number of morpholine rings is 1. The van der Waals surface area contributed by atoms with Crippen molar-refractivity contribution < 1.29 is 4.74 Å². The third-order valence-corrected chi connectivity index (χ3v) is 4.11. The highest BCUT2D eigenvalue weighted by Gasteiger charge is 2.21. The van der Waals surface area contributed by atoms with Crippen LogP contribution in [0.3, 0.4) is 0 Å². The van der Waals surface area contributed by atoms with Gasteiger partial charge in [-0.1, -0.05) is 40.0 Å². The molecule has 0 radical (unpaired) electrons. The lowest BCUT2D eigenvalue weighted by molar-refractivity contribution is 0.0143. The predicted octanol–water partition coefficient (Wildman–Crippen LogP) is 2.84. The zero-order chi connectivity index (χ0) is 16.2. The van der Waals surface area contributed by atoms with Crippen LogP contribution in [-0.4, -0.2) is 56.3 Å². The summed E-state index contributed by atoms with van der Waals surface area (Å²) in [6, 6.07) is 0.476. The maximum absolute atomic E-state index is 5.99. The van der Waals surface area contributed by atoms with Crippen LogP contribution in [0.25, 0.3) is 0 Å². The number of aliphatic imine (C=N–C) groups is 1. The van der Waals surface area contributed by atoms with Crippen molar-refractivity contribution in [3.63, 3.8) is 0 Å². The zero-order valence-electron chi connectivity index (χ0n) is 15.2. The Labute approximate surface area is 159 Å². The lowest BCUT2D eigenvalue weighted by Crippen LogP contribution is -2.46. The molecule has 1 heterocycles. The normalized spacial score (nSPS) is 17.8. The third kappa shape index (κ3) is 11.2. The van der Waals surface area contributed by atoms with E-state index in [0.717, 1.165) is 45.8 Å². The van der Waals surface area contributed by atoms with Crippen LogP contribution < -0.4 is 11.1 Å². The molecule has 0 amide bonds. The zero-order valence-corrected chi connectivity index (χ0v) is 17.6. The van der Waals surface area contributed by atoms with Gasteiger partial charge in [-0.2, -0.15) is 0 Å². The summed E-state index contributed by atoms with van der Waals surface area (Å²) in [7, 11) is 0. The Morgan fingerprint density at radius 1 is 1.22 bits per heavy atom. The van der Waals surface area contributed by atoms with E-state index in [2.05, 4.69) is 36.0 Å². The van der Waals surface area contributed by atoms with Gasteiger partial charge < -0.3 is 15.8 Å². The summed E-state index contributed by atoms with van der Waals surface area (Å²) in [4.78, 5) is 7.07. The Kier molecular flexibility index (Phi) is 14.2. The van der Waals surface area contributed by atoms with Crippen molar-refractivity contribution in [2.75, 3.05) is 39.4 Å². The molecule has 1 aliphatic rings. The van der Waals surface area contributed by atoms with Gasteiger partial charge in [0.15, 0.2) is 5.96 Å². The summed E-state index contributed by atoms with van der Waals surface area (Å²) >= 11 is 0. The SMILES string of the molecule is CCCCCCNC(N)=NCC(CC(C)C)N1CCOCC1.I. The number of hydrogen-bond acceptors (Lipinski definition) is 3. The molecule has 1 aliphatic heterocycles. The standard InChI is InChI=1S/C17H36N4O.HI/c1-4-5-6-7-8-19-17(18)20-14-16(13-15(2)3)21-9-11-22-12-10-21;/h15-16H,4-14H2,1-3H3,(H3,18,19,20);1H. The second kappa shape index (κ2) is 14.3. The Morgan fingerprint density at radius 2 is 1.91 bits per heavy atom. The first-order chi connectivity index (χ1) is 10.6. The Hall–Kier alpha value is -0.0800. The van der Waals surface area contributed by atoms with Crippen LogP contribution in [0.15, 0.2) is 4.99 Å². The molecule has 3 N–H and O–H groups in total. The molecule has 1 saturated heterocycles. The van der Waals surface area contributed by atoms with Gasteiger partial charge in [-0.25, -0.2) is 0 Å². The number of ether oxygens (including phenoxy) is 1. The van der Waals surface area contributed by atoms with Crippen LogP contribution >= 0.6 is 24.0 Å². The minimum Gasteiger partial charge on any atom is -0.379 e. The van der Waals surface area contributed by atoms with Crippen LogP contribution in [0.2, 0.25) is 0 Å². The molecule has 138 valence electrons. The smallest absolute Gasteiger partial charge is 0.188 e. The number of rotatable bonds is 10. The first-order valence-corrected chi connectivity index (χ1v) is 8.99. The number of guanidine groups is 1. The van der Waals surface area contributed by atoms with E-state index in [1.54, 1.807) is 0 Å². The van der Waals surface area contributed by atoms with E-state index in [0.29, 0.717) is 17.9 Å². The van der Waals surface area contributed by atoms with Crippen molar-refractivity contribution in [2.24, 2.45) is 16.6 Å². The maximum atomic E-state index is 5.99. The van der Waals surface area contributed by atoms with Gasteiger partial charge in [0.2, 0.25) is 0 Å². The molecular weight excluding hydrogens is 403 g/mol. The first-order valence-electron chi connectivity index (χ1n) is 8.99. The molecule has 0 bridgehead atoms. The minimum atomic E-state index is 0. The summed E-state index contributed by atoms with van der Waals surface area (Å²) in [5.41, 5.74) is 5.99. The average molecular weight is 440 g/mol. The van der Waals surface area contributed by atoms with Gasteiger partial charge in [0, 0.05) is 25.7 Å². The van der Waals surface area contributed by atoms with Gasteiger partial charge in [-0.3, -0.25) is 9.89 Å². The number of nitrogens with zero attached hydrogens (tertiary/aromatic N) is 2. The monoisotopic (exact) mass is 440 g/mol. The molecule has 0 aromatic carbocycles. The molecule has 0 aromatic rings. The van der Waals surface area contributed by atoms with E-state index in [4.69, 9.17) is 10.5 Å². The Bertz CT molecular complexity index is 307. The van der Waals surface area contributed by atoms with E-state index in [1.807, 2.05) is 0 Å². The molecular formula is C17H37IN4O. The molecule has 1 atom stereocenters. The first kappa shape index (κ1) is 22.9. The van der Waals surface area contributed by atoms with Gasteiger partial charge in [0.05, 0.1) is 19.8 Å². The van der Waals surface area contributed by atoms with Crippen molar-refractivity contribution in [1.82, 2.24) is 10.2 Å². The van der Waals surface area contributed by atoms with Crippen LogP contribution in [0, 0.1) is 5.92 Å². The van der Waals surface area contributed by atoms with Crippen molar-refractivity contribution in [1.29, 1.82) is 0 Å². The van der Waals surface area contributed by atoms with Crippen molar-refractivity contribution >= 4 is 29.9 Å². The summed E-state index contributed by atoms with van der Waals surface area (Å²) in [5, 5.41) is 3.24. The number of nitrogens with one attached hydrogen (secondary N) is 1. The molecule has 1 fully saturated rings. The number of halogens is 1. The number of unbranched alkanes of at least 4 members (excludes halogenated alkanes) is 3. The average Bonchev–Trinajstić information content (AvgIpc) is 2.51. The summed E-state index contributed by atoms with van der Waals surface area (Å²) in [6.07, 6.45) is 6.16. The number of nitrogens with two attached hydrogens (primary N) is 1. The maximum Gasteiger partial charge on any atom is 0.188 e. The fourth-order valence-corrected chi connectivity index (χ4v) is 2.85. The summed E-state index contributed by atoms with van der Waals surface area (Å²) in [5.74, 6) is 1.27. The largest absolute Gasteiger partial charge is 0.379 e. The second-order valence-corrected chi connectivity index (χ2v) is 6.65. The van der Waals surface area contributed by atoms with Gasteiger partial charge in [-0.15, -0.1) is 24.0 Å². The van der Waals surface area contributed by atoms with E-state index < -0.39 is 0 Å².